The summed E-state index contributed by atoms with van der Waals surface area (Å²) in [6.07, 6.45) is 0. The number of nitrogens with zero attached hydrogens (tertiary/aromatic N) is 3. The van der Waals surface area contributed by atoms with E-state index in [-0.39, 0.29) is 0 Å². The lowest BCUT2D eigenvalue weighted by Crippen LogP contribution is -2.11. The number of nitrogens with two attached hydrogens (primary N) is 1. The van der Waals surface area contributed by atoms with Crippen LogP contribution >= 0.6 is 0 Å². The van der Waals surface area contributed by atoms with E-state index in [1.807, 2.05) is 54.8 Å². The Labute approximate surface area is 186 Å². The highest BCUT2D eigenvalue weighted by Gasteiger charge is 2.17. The number of carbonyl (C=O) groups excluding carboxylic acids is 1. The van der Waals surface area contributed by atoms with Crippen LogP contribution in [-0.2, 0) is 6.54 Å². The molecule has 0 aliphatic carbocycles. The summed E-state index contributed by atoms with van der Waals surface area (Å²) in [5, 5.41) is 8.09. The molecule has 2 aromatic carbocycles. The molecular formula is C24H25N5O3. The van der Waals surface area contributed by atoms with Crippen molar-refractivity contribution >= 4 is 17.4 Å². The van der Waals surface area contributed by atoms with Crippen LogP contribution in [0.15, 0.2) is 48.5 Å². The number of methoxy groups -OCH3 is 2. The molecule has 0 saturated heterocycles. The molecule has 8 heteroatoms. The van der Waals surface area contributed by atoms with Crippen LogP contribution in [0.2, 0.25) is 0 Å². The molecule has 8 nitrogen and oxygen atoms in total. The topological polar surface area (TPSA) is 104 Å². The Morgan fingerprint density at radius 1 is 1.03 bits per heavy atom. The van der Waals surface area contributed by atoms with Crippen LogP contribution in [0.25, 0.3) is 16.6 Å². The second-order valence-corrected chi connectivity index (χ2v) is 7.46. The monoisotopic (exact) mass is 431 g/mol. The maximum atomic E-state index is 11.3. The summed E-state index contributed by atoms with van der Waals surface area (Å²) in [6, 6.07) is 15.0. The van der Waals surface area contributed by atoms with Gasteiger partial charge in [-0.3, -0.25) is 4.79 Å². The Kier molecular flexibility index (Phi) is 5.68. The van der Waals surface area contributed by atoms with E-state index < -0.39 is 5.91 Å². The minimum atomic E-state index is -0.443. The summed E-state index contributed by atoms with van der Waals surface area (Å²) >= 11 is 0. The number of nitrogens with one attached hydrogen (secondary N) is 1. The quantitative estimate of drug-likeness (QED) is 0.462. The van der Waals surface area contributed by atoms with Gasteiger partial charge in [-0.1, -0.05) is 18.2 Å². The van der Waals surface area contributed by atoms with E-state index in [9.17, 15) is 4.79 Å². The van der Waals surface area contributed by atoms with Gasteiger partial charge < -0.3 is 20.5 Å². The molecule has 0 bridgehead atoms. The van der Waals surface area contributed by atoms with Gasteiger partial charge in [0.05, 0.1) is 25.4 Å². The molecule has 3 N–H and O–H groups in total. The van der Waals surface area contributed by atoms with Gasteiger partial charge in [0.25, 0.3) is 0 Å². The van der Waals surface area contributed by atoms with Gasteiger partial charge in [0.2, 0.25) is 11.9 Å². The maximum absolute atomic E-state index is 11.3. The third-order valence-corrected chi connectivity index (χ3v) is 5.29. The molecule has 4 aromatic rings. The van der Waals surface area contributed by atoms with E-state index in [2.05, 4.69) is 10.3 Å². The van der Waals surface area contributed by atoms with Gasteiger partial charge in [0.15, 0.2) is 11.5 Å². The third-order valence-electron chi connectivity index (χ3n) is 5.29. The zero-order valence-corrected chi connectivity index (χ0v) is 18.5. The summed E-state index contributed by atoms with van der Waals surface area (Å²) in [5.41, 5.74) is 11.5. The molecule has 0 aliphatic heterocycles. The number of ether oxygens (including phenoxy) is 2. The SMILES string of the molecule is COc1ccc(-c2c(C)nn3c(NCc4ccc(C(N)=O)cc4)nc(C)cc23)cc1OC. The minimum absolute atomic E-state index is 0.443. The van der Waals surface area contributed by atoms with Crippen LogP contribution in [0, 0.1) is 13.8 Å². The predicted molar refractivity (Wildman–Crippen MR) is 123 cm³/mol. The first-order chi connectivity index (χ1) is 15.4. The molecule has 32 heavy (non-hydrogen) atoms. The third kappa shape index (κ3) is 3.94. The predicted octanol–water partition coefficient (Wildman–Crippen LogP) is 3.74. The van der Waals surface area contributed by atoms with Crippen molar-refractivity contribution in [3.05, 3.63) is 71.0 Å². The number of aryl methyl sites for hydroxylation is 2. The first-order valence-electron chi connectivity index (χ1n) is 10.1. The molecular weight excluding hydrogens is 406 g/mol. The lowest BCUT2D eigenvalue weighted by Gasteiger charge is -2.11. The lowest BCUT2D eigenvalue weighted by atomic mass is 10.0. The second-order valence-electron chi connectivity index (χ2n) is 7.46. The summed E-state index contributed by atoms with van der Waals surface area (Å²) in [4.78, 5) is 15.9. The number of benzene rings is 2. The van der Waals surface area contributed by atoms with Crippen molar-refractivity contribution in [3.8, 4) is 22.6 Å². The van der Waals surface area contributed by atoms with Gasteiger partial charge in [-0.05, 0) is 55.3 Å². The normalized spacial score (nSPS) is 10.9. The summed E-state index contributed by atoms with van der Waals surface area (Å²) in [6.45, 7) is 4.45. The van der Waals surface area contributed by atoms with E-state index in [0.29, 0.717) is 29.6 Å². The smallest absolute Gasteiger partial charge is 0.248 e. The van der Waals surface area contributed by atoms with Crippen LogP contribution in [-0.4, -0.2) is 34.7 Å². The molecule has 164 valence electrons. The average Bonchev–Trinajstić information content (AvgIpc) is 3.12. The number of hydrogen-bond acceptors (Lipinski definition) is 6. The lowest BCUT2D eigenvalue weighted by molar-refractivity contribution is 0.100. The Balaban J connectivity index is 1.71. The van der Waals surface area contributed by atoms with Crippen molar-refractivity contribution in [2.45, 2.75) is 20.4 Å². The molecule has 0 radical (unpaired) electrons. The number of primary amides is 1. The van der Waals surface area contributed by atoms with E-state index in [1.165, 1.54) is 0 Å². The molecule has 2 aromatic heterocycles. The molecule has 1 amide bonds. The number of aromatic nitrogens is 3. The summed E-state index contributed by atoms with van der Waals surface area (Å²) < 4.78 is 12.7. The molecule has 0 atom stereocenters. The largest absolute Gasteiger partial charge is 0.493 e. The number of carbonyl (C=O) groups is 1. The Bertz CT molecular complexity index is 1300. The second kappa shape index (κ2) is 8.58. The van der Waals surface area contributed by atoms with Crippen LogP contribution < -0.4 is 20.5 Å². The highest BCUT2D eigenvalue weighted by molar-refractivity contribution is 5.92. The summed E-state index contributed by atoms with van der Waals surface area (Å²) in [5.74, 6) is 1.52. The van der Waals surface area contributed by atoms with Crippen LogP contribution in [0.1, 0.15) is 27.3 Å². The molecule has 0 saturated carbocycles. The van der Waals surface area contributed by atoms with E-state index in [1.54, 1.807) is 26.4 Å². The molecule has 2 heterocycles. The number of fused-ring (bicyclic) bond motifs is 1. The van der Waals surface area contributed by atoms with Crippen molar-refractivity contribution in [2.75, 3.05) is 19.5 Å². The number of anilines is 1. The molecule has 0 unspecified atom stereocenters. The van der Waals surface area contributed by atoms with Crippen LogP contribution in [0.3, 0.4) is 0 Å². The number of rotatable bonds is 7. The van der Waals surface area contributed by atoms with Crippen LogP contribution in [0.4, 0.5) is 5.95 Å². The fraction of sp³-hybridized carbons (Fsp3) is 0.208. The van der Waals surface area contributed by atoms with Crippen molar-refractivity contribution in [1.29, 1.82) is 0 Å². The van der Waals surface area contributed by atoms with Crippen molar-refractivity contribution < 1.29 is 14.3 Å². The molecule has 0 spiro atoms. The first-order valence-corrected chi connectivity index (χ1v) is 10.1. The van der Waals surface area contributed by atoms with E-state index in [4.69, 9.17) is 20.3 Å². The van der Waals surface area contributed by atoms with Crippen molar-refractivity contribution in [1.82, 2.24) is 14.6 Å². The Hall–Kier alpha value is -4.07. The van der Waals surface area contributed by atoms with Gasteiger partial charge in [0.1, 0.15) is 0 Å². The average molecular weight is 431 g/mol. The van der Waals surface area contributed by atoms with Gasteiger partial charge in [-0.15, -0.1) is 0 Å². The molecule has 4 rings (SSSR count). The molecule has 0 aliphatic rings. The van der Waals surface area contributed by atoms with Crippen molar-refractivity contribution in [2.24, 2.45) is 5.73 Å². The van der Waals surface area contributed by atoms with Gasteiger partial charge in [-0.25, -0.2) is 4.98 Å². The highest BCUT2D eigenvalue weighted by atomic mass is 16.5. The van der Waals surface area contributed by atoms with Gasteiger partial charge >= 0.3 is 0 Å². The standard InChI is InChI=1S/C24H25N5O3/c1-14-11-19-22(18-9-10-20(31-3)21(12-18)32-4)15(2)28-29(19)24(27-14)26-13-16-5-7-17(8-6-16)23(25)30/h5-12H,13H2,1-4H3,(H2,25,30)(H,26,27). The number of amides is 1. The first kappa shape index (κ1) is 21.2. The summed E-state index contributed by atoms with van der Waals surface area (Å²) in [7, 11) is 3.24. The van der Waals surface area contributed by atoms with Gasteiger partial charge in [-0.2, -0.15) is 9.61 Å². The van der Waals surface area contributed by atoms with Gasteiger partial charge in [0, 0.05) is 23.4 Å². The van der Waals surface area contributed by atoms with E-state index in [0.717, 1.165) is 33.6 Å². The Morgan fingerprint density at radius 3 is 2.41 bits per heavy atom. The highest BCUT2D eigenvalue weighted by Crippen LogP contribution is 2.36. The minimum Gasteiger partial charge on any atom is -0.493 e. The molecule has 0 fully saturated rings. The zero-order valence-electron chi connectivity index (χ0n) is 18.5. The zero-order chi connectivity index (χ0) is 22.8. The van der Waals surface area contributed by atoms with Crippen molar-refractivity contribution in [3.63, 3.8) is 0 Å². The fourth-order valence-electron chi connectivity index (χ4n) is 3.72. The fourth-order valence-corrected chi connectivity index (χ4v) is 3.72. The van der Waals surface area contributed by atoms with E-state index >= 15 is 0 Å². The van der Waals surface area contributed by atoms with Crippen LogP contribution in [0.5, 0.6) is 11.5 Å². The number of hydrogen-bond donors (Lipinski definition) is 2. The maximum Gasteiger partial charge on any atom is 0.248 e. The Morgan fingerprint density at radius 2 is 1.75 bits per heavy atom.